The Balaban J connectivity index is 1.46. The molecule has 0 bridgehead atoms. The minimum Gasteiger partial charge on any atom is -0.379 e. The van der Waals surface area contributed by atoms with Crippen LogP contribution in [-0.2, 0) is 11.3 Å². The van der Waals surface area contributed by atoms with Crippen molar-refractivity contribution < 1.29 is 4.74 Å². The Morgan fingerprint density at radius 1 is 1.32 bits per heavy atom. The summed E-state index contributed by atoms with van der Waals surface area (Å²) in [5.74, 6) is 1.11. The van der Waals surface area contributed by atoms with Crippen molar-refractivity contribution in [3.8, 4) is 0 Å². The highest BCUT2D eigenvalue weighted by Gasteiger charge is 2.35. The maximum Gasteiger partial charge on any atom is 0.0894 e. The van der Waals surface area contributed by atoms with E-state index in [1.54, 1.807) is 7.11 Å². The monoisotopic (exact) mass is 298 g/mol. The number of hydrogen-bond acceptors (Lipinski definition) is 4. The lowest BCUT2D eigenvalue weighted by Gasteiger charge is -2.16. The maximum absolute atomic E-state index is 5.66. The summed E-state index contributed by atoms with van der Waals surface area (Å²) < 4.78 is 5.66. The lowest BCUT2D eigenvalue weighted by Crippen LogP contribution is -2.22. The van der Waals surface area contributed by atoms with Crippen LogP contribution in [0.4, 0.5) is 0 Å². The van der Waals surface area contributed by atoms with Crippen LogP contribution in [-0.4, -0.2) is 46.6 Å². The summed E-state index contributed by atoms with van der Waals surface area (Å²) in [6.45, 7) is 2.90. The van der Waals surface area contributed by atoms with Crippen LogP contribution in [0.25, 0.3) is 0 Å². The highest BCUT2D eigenvalue weighted by Crippen LogP contribution is 2.40. The van der Waals surface area contributed by atoms with Crippen molar-refractivity contribution in [1.82, 2.24) is 20.3 Å². The number of nitrogens with one attached hydrogen (secondary N) is 1. The molecule has 2 aliphatic rings. The molecule has 1 aromatic carbocycles. The van der Waals surface area contributed by atoms with Crippen LogP contribution < -0.4 is 0 Å². The first-order valence-corrected chi connectivity index (χ1v) is 8.03. The van der Waals surface area contributed by atoms with Crippen LogP contribution in [0, 0.1) is 0 Å². The third-order valence-corrected chi connectivity index (χ3v) is 4.86. The minimum atomic E-state index is 0.191. The molecular formula is C17H22N4O. The number of nitrogens with zero attached hydrogens (tertiary/aromatic N) is 3. The number of methoxy groups -OCH3 is 1. The van der Waals surface area contributed by atoms with Gasteiger partial charge in [-0.2, -0.15) is 15.4 Å². The molecule has 2 fully saturated rings. The first-order valence-electron chi connectivity index (χ1n) is 8.03. The number of H-pyrrole nitrogens is 1. The van der Waals surface area contributed by atoms with Crippen molar-refractivity contribution in [2.24, 2.45) is 0 Å². The normalized spacial score (nSPS) is 25.7. The van der Waals surface area contributed by atoms with Gasteiger partial charge in [0, 0.05) is 32.7 Å². The molecule has 1 aliphatic heterocycles. The van der Waals surface area contributed by atoms with E-state index in [0.717, 1.165) is 31.2 Å². The molecule has 2 aromatic rings. The average molecular weight is 298 g/mol. The van der Waals surface area contributed by atoms with E-state index < -0.39 is 0 Å². The van der Waals surface area contributed by atoms with Gasteiger partial charge in [-0.1, -0.05) is 24.3 Å². The molecular weight excluding hydrogens is 276 g/mol. The van der Waals surface area contributed by atoms with Gasteiger partial charge < -0.3 is 4.74 Å². The summed E-state index contributed by atoms with van der Waals surface area (Å²) in [6.07, 6.45) is 4.71. The zero-order valence-corrected chi connectivity index (χ0v) is 12.9. The number of hydrogen-bond donors (Lipinski definition) is 1. The number of aromatic nitrogens is 3. The van der Waals surface area contributed by atoms with Gasteiger partial charge in [0.05, 0.1) is 18.0 Å². The molecule has 1 aliphatic carbocycles. The van der Waals surface area contributed by atoms with Gasteiger partial charge in [0.25, 0.3) is 0 Å². The zero-order chi connectivity index (χ0) is 14.9. The summed E-state index contributed by atoms with van der Waals surface area (Å²) in [6, 6.07) is 9.07. The molecule has 2 heterocycles. The van der Waals surface area contributed by atoms with Gasteiger partial charge in [-0.25, -0.2) is 0 Å². The molecule has 0 amide bonds. The highest BCUT2D eigenvalue weighted by atomic mass is 16.5. The molecule has 2 atom stereocenters. The summed E-state index contributed by atoms with van der Waals surface area (Å²) >= 11 is 0. The molecule has 0 spiro atoms. The molecule has 0 radical (unpaired) electrons. The molecule has 1 saturated carbocycles. The molecule has 1 aromatic heterocycles. The summed E-state index contributed by atoms with van der Waals surface area (Å²) in [4.78, 5) is 2.46. The second-order valence-corrected chi connectivity index (χ2v) is 6.49. The summed E-state index contributed by atoms with van der Waals surface area (Å²) in [5, 5.41) is 10.9. The van der Waals surface area contributed by atoms with Crippen LogP contribution in [0.5, 0.6) is 0 Å². The lowest BCUT2D eigenvalue weighted by atomic mass is 10.0. The number of ether oxygens (including phenoxy) is 1. The number of likely N-dealkylation sites (tertiary alicyclic amines) is 1. The van der Waals surface area contributed by atoms with Gasteiger partial charge in [-0.3, -0.25) is 4.90 Å². The van der Waals surface area contributed by atoms with Crippen molar-refractivity contribution in [1.29, 1.82) is 0 Å². The minimum absolute atomic E-state index is 0.191. The van der Waals surface area contributed by atoms with E-state index in [1.807, 2.05) is 6.20 Å². The fraction of sp³-hybridized carbons (Fsp3) is 0.529. The highest BCUT2D eigenvalue weighted by molar-refractivity contribution is 5.29. The Bertz CT molecular complexity index is 623. The van der Waals surface area contributed by atoms with E-state index >= 15 is 0 Å². The fourth-order valence-electron chi connectivity index (χ4n) is 3.51. The first-order chi connectivity index (χ1) is 10.8. The predicted octanol–water partition coefficient (Wildman–Crippen LogP) is 2.30. The summed E-state index contributed by atoms with van der Waals surface area (Å²) in [5.41, 5.74) is 3.91. The van der Waals surface area contributed by atoms with Gasteiger partial charge in [-0.05, 0) is 29.9 Å². The Morgan fingerprint density at radius 2 is 2.23 bits per heavy atom. The van der Waals surface area contributed by atoms with E-state index in [1.165, 1.54) is 24.0 Å². The second kappa shape index (κ2) is 5.82. The van der Waals surface area contributed by atoms with E-state index in [2.05, 4.69) is 44.6 Å². The van der Waals surface area contributed by atoms with Gasteiger partial charge in [-0.15, -0.1) is 0 Å². The van der Waals surface area contributed by atoms with E-state index in [9.17, 15) is 0 Å². The van der Waals surface area contributed by atoms with E-state index in [-0.39, 0.29) is 6.10 Å². The predicted molar refractivity (Wildman–Crippen MR) is 83.6 cm³/mol. The average Bonchev–Trinajstić information content (AvgIpc) is 3.09. The van der Waals surface area contributed by atoms with Gasteiger partial charge in [0.1, 0.15) is 0 Å². The fourth-order valence-corrected chi connectivity index (χ4v) is 3.51. The van der Waals surface area contributed by atoms with E-state index in [4.69, 9.17) is 4.74 Å². The zero-order valence-electron chi connectivity index (χ0n) is 12.9. The van der Waals surface area contributed by atoms with Gasteiger partial charge >= 0.3 is 0 Å². The first kappa shape index (κ1) is 13.9. The smallest absolute Gasteiger partial charge is 0.0894 e. The Labute approximate surface area is 130 Å². The van der Waals surface area contributed by atoms with Crippen LogP contribution in [0.3, 0.4) is 0 Å². The standard InChI is InChI=1S/C17H22N4O/c1-22-17-11-21(10-15(17)16-8-18-20-19-16)9-12-3-2-4-14(7-12)13-5-6-13/h2-4,7-8,13,15,17H,5-6,9-11H2,1H3,(H,18,19,20)/t15-,17+/m0/s1. The van der Waals surface area contributed by atoms with Crippen molar-refractivity contribution >= 4 is 0 Å². The van der Waals surface area contributed by atoms with Crippen LogP contribution in [0.1, 0.15) is 41.5 Å². The lowest BCUT2D eigenvalue weighted by molar-refractivity contribution is 0.0957. The largest absolute Gasteiger partial charge is 0.379 e. The van der Waals surface area contributed by atoms with Crippen LogP contribution in [0.15, 0.2) is 30.5 Å². The van der Waals surface area contributed by atoms with Crippen molar-refractivity contribution in [2.75, 3.05) is 20.2 Å². The SMILES string of the molecule is CO[C@@H]1CN(Cc2cccc(C3CC3)c2)C[C@H]1c1cn[nH]n1. The third kappa shape index (κ3) is 2.78. The molecule has 4 rings (SSSR count). The second-order valence-electron chi connectivity index (χ2n) is 6.49. The van der Waals surface area contributed by atoms with Crippen molar-refractivity contribution in [3.05, 3.63) is 47.3 Å². The molecule has 5 heteroatoms. The van der Waals surface area contributed by atoms with E-state index in [0.29, 0.717) is 5.92 Å². The quantitative estimate of drug-likeness (QED) is 0.920. The summed E-state index contributed by atoms with van der Waals surface area (Å²) in [7, 11) is 1.79. The molecule has 1 N–H and O–H groups in total. The third-order valence-electron chi connectivity index (χ3n) is 4.86. The molecule has 1 saturated heterocycles. The Morgan fingerprint density at radius 3 is 2.95 bits per heavy atom. The van der Waals surface area contributed by atoms with Gasteiger partial charge in [0.15, 0.2) is 0 Å². The maximum atomic E-state index is 5.66. The molecule has 116 valence electrons. The Hall–Kier alpha value is -1.72. The van der Waals surface area contributed by atoms with Crippen molar-refractivity contribution in [3.63, 3.8) is 0 Å². The number of aromatic amines is 1. The molecule has 5 nitrogen and oxygen atoms in total. The number of benzene rings is 1. The molecule has 22 heavy (non-hydrogen) atoms. The van der Waals surface area contributed by atoms with Crippen molar-refractivity contribution in [2.45, 2.75) is 37.3 Å². The Kier molecular flexibility index (Phi) is 3.68. The van der Waals surface area contributed by atoms with Crippen LogP contribution in [0.2, 0.25) is 0 Å². The molecule has 0 unspecified atom stereocenters. The number of rotatable bonds is 5. The van der Waals surface area contributed by atoms with Gasteiger partial charge in [0.2, 0.25) is 0 Å². The van der Waals surface area contributed by atoms with Crippen LogP contribution >= 0.6 is 0 Å². The topological polar surface area (TPSA) is 54.0 Å².